The molecule has 5 nitrogen and oxygen atoms in total. The highest BCUT2D eigenvalue weighted by atomic mass is 32.2. The number of hydrogen-bond donors (Lipinski definition) is 1. The van der Waals surface area contributed by atoms with E-state index in [1.54, 1.807) is 0 Å². The van der Waals surface area contributed by atoms with Crippen LogP contribution in [0.25, 0.3) is 0 Å². The van der Waals surface area contributed by atoms with Gasteiger partial charge in [-0.3, -0.25) is 0 Å². The van der Waals surface area contributed by atoms with Gasteiger partial charge >= 0.3 is 0 Å². The van der Waals surface area contributed by atoms with Gasteiger partial charge in [0.2, 0.25) is 0 Å². The summed E-state index contributed by atoms with van der Waals surface area (Å²) in [6, 6.07) is 0.123. The summed E-state index contributed by atoms with van der Waals surface area (Å²) in [7, 11) is -3.31. The minimum atomic E-state index is -3.31. The summed E-state index contributed by atoms with van der Waals surface area (Å²) >= 11 is 0. The van der Waals surface area contributed by atoms with Gasteiger partial charge in [0.25, 0.3) is 10.2 Å². The van der Waals surface area contributed by atoms with Crippen LogP contribution in [0, 0.1) is 0 Å². The Morgan fingerprint density at radius 1 is 0.944 bits per heavy atom. The van der Waals surface area contributed by atoms with E-state index in [1.807, 2.05) is 0 Å². The van der Waals surface area contributed by atoms with Crippen molar-refractivity contribution < 1.29 is 13.2 Å². The third-order valence-electron chi connectivity index (χ3n) is 3.73. The smallest absolute Gasteiger partial charge is 0.279 e. The fraction of sp³-hybridized carbons (Fsp3) is 1.00. The van der Waals surface area contributed by atoms with Gasteiger partial charge < -0.3 is 4.74 Å². The molecule has 1 aliphatic carbocycles. The van der Waals surface area contributed by atoms with Crippen LogP contribution in [0.2, 0.25) is 0 Å². The molecule has 2 aliphatic rings. The monoisotopic (exact) mass is 276 g/mol. The predicted octanol–water partition coefficient (Wildman–Crippen LogP) is 1.27. The molecule has 0 amide bonds. The molecule has 0 unspecified atom stereocenters. The zero-order valence-corrected chi connectivity index (χ0v) is 11.8. The van der Waals surface area contributed by atoms with Gasteiger partial charge in [0.05, 0.1) is 13.2 Å². The van der Waals surface area contributed by atoms with Crippen molar-refractivity contribution in [3.05, 3.63) is 0 Å². The Labute approximate surface area is 110 Å². The van der Waals surface area contributed by atoms with Gasteiger partial charge in [-0.2, -0.15) is 17.4 Å². The Kier molecular flexibility index (Phi) is 5.41. The lowest BCUT2D eigenvalue weighted by molar-refractivity contribution is 0.0722. The van der Waals surface area contributed by atoms with E-state index >= 15 is 0 Å². The van der Waals surface area contributed by atoms with Gasteiger partial charge in [0.15, 0.2) is 0 Å². The first-order valence-electron chi connectivity index (χ1n) is 7.04. The highest BCUT2D eigenvalue weighted by Gasteiger charge is 2.26. The molecule has 1 saturated carbocycles. The molecule has 0 aromatic heterocycles. The Hall–Kier alpha value is -0.170. The molecule has 106 valence electrons. The third kappa shape index (κ3) is 4.19. The van der Waals surface area contributed by atoms with Crippen LogP contribution in [0.4, 0.5) is 0 Å². The van der Waals surface area contributed by atoms with Crippen molar-refractivity contribution in [2.75, 3.05) is 26.3 Å². The van der Waals surface area contributed by atoms with Gasteiger partial charge in [-0.25, -0.2) is 0 Å². The van der Waals surface area contributed by atoms with Gasteiger partial charge in [0.1, 0.15) is 0 Å². The molecule has 2 rings (SSSR count). The molecule has 2 fully saturated rings. The van der Waals surface area contributed by atoms with E-state index < -0.39 is 10.2 Å². The summed E-state index contributed by atoms with van der Waals surface area (Å²) in [4.78, 5) is 0. The summed E-state index contributed by atoms with van der Waals surface area (Å²) in [5.74, 6) is 0. The van der Waals surface area contributed by atoms with Gasteiger partial charge in [-0.1, -0.05) is 32.1 Å². The van der Waals surface area contributed by atoms with Crippen LogP contribution in [0.15, 0.2) is 0 Å². The number of nitrogens with one attached hydrogen (secondary N) is 1. The van der Waals surface area contributed by atoms with Crippen LogP contribution in [-0.4, -0.2) is 45.1 Å². The summed E-state index contributed by atoms with van der Waals surface area (Å²) in [6.07, 6.45) is 7.98. The molecule has 1 saturated heterocycles. The van der Waals surface area contributed by atoms with E-state index in [0.717, 1.165) is 25.7 Å². The largest absolute Gasteiger partial charge is 0.379 e. The second-order valence-electron chi connectivity index (χ2n) is 5.18. The first kappa shape index (κ1) is 14.2. The van der Waals surface area contributed by atoms with Crippen molar-refractivity contribution >= 4 is 10.2 Å². The van der Waals surface area contributed by atoms with Crippen LogP contribution >= 0.6 is 0 Å². The molecule has 1 heterocycles. The molecule has 0 aromatic carbocycles. The highest BCUT2D eigenvalue weighted by Crippen LogP contribution is 2.18. The Morgan fingerprint density at radius 2 is 1.50 bits per heavy atom. The molecular weight excluding hydrogens is 252 g/mol. The molecule has 18 heavy (non-hydrogen) atoms. The maximum absolute atomic E-state index is 12.2. The Bertz CT molecular complexity index is 331. The Morgan fingerprint density at radius 3 is 2.11 bits per heavy atom. The maximum Gasteiger partial charge on any atom is 0.279 e. The normalized spacial score (nSPS) is 25.6. The average Bonchev–Trinajstić information content (AvgIpc) is 2.34. The minimum absolute atomic E-state index is 0.123. The molecule has 0 radical (unpaired) electrons. The number of morpholine rings is 1. The standard InChI is InChI=1S/C12H24N2O3S/c15-18(16,14-8-10-17-11-9-14)13-12-6-4-2-1-3-5-7-12/h12-13H,1-11H2. The molecule has 1 N–H and O–H groups in total. The van der Waals surface area contributed by atoms with Crippen LogP contribution in [0.1, 0.15) is 44.9 Å². The molecule has 1 aliphatic heterocycles. The van der Waals surface area contributed by atoms with Crippen molar-refractivity contribution in [2.24, 2.45) is 0 Å². The average molecular weight is 276 g/mol. The molecule has 0 atom stereocenters. The van der Waals surface area contributed by atoms with Crippen LogP contribution in [0.5, 0.6) is 0 Å². The molecular formula is C12H24N2O3S. The van der Waals surface area contributed by atoms with Gasteiger partial charge in [-0.15, -0.1) is 0 Å². The van der Waals surface area contributed by atoms with E-state index in [4.69, 9.17) is 4.74 Å². The molecule has 0 aromatic rings. The number of ether oxygens (including phenoxy) is 1. The summed E-state index contributed by atoms with van der Waals surface area (Å²) in [5.41, 5.74) is 0. The van der Waals surface area contributed by atoms with E-state index in [1.165, 1.54) is 23.6 Å². The van der Waals surface area contributed by atoms with E-state index in [2.05, 4.69) is 4.72 Å². The quantitative estimate of drug-likeness (QED) is 0.844. The SMILES string of the molecule is O=S(=O)(NC1CCCCCCC1)N1CCOCC1. The van der Waals surface area contributed by atoms with E-state index in [9.17, 15) is 8.42 Å². The minimum Gasteiger partial charge on any atom is -0.379 e. The fourth-order valence-corrected chi connectivity index (χ4v) is 4.08. The second-order valence-corrected chi connectivity index (χ2v) is 6.88. The first-order chi connectivity index (χ1) is 8.68. The summed E-state index contributed by atoms with van der Waals surface area (Å²) < 4.78 is 34.0. The maximum atomic E-state index is 12.2. The van der Waals surface area contributed by atoms with Crippen molar-refractivity contribution in [1.82, 2.24) is 9.03 Å². The lowest BCUT2D eigenvalue weighted by Crippen LogP contribution is -2.49. The zero-order valence-electron chi connectivity index (χ0n) is 10.9. The van der Waals surface area contributed by atoms with Crippen molar-refractivity contribution in [2.45, 2.75) is 51.0 Å². The lowest BCUT2D eigenvalue weighted by Gasteiger charge is -2.29. The van der Waals surface area contributed by atoms with Crippen molar-refractivity contribution in [3.8, 4) is 0 Å². The first-order valence-corrected chi connectivity index (χ1v) is 8.48. The topological polar surface area (TPSA) is 58.6 Å². The van der Waals surface area contributed by atoms with Crippen molar-refractivity contribution in [3.63, 3.8) is 0 Å². The van der Waals surface area contributed by atoms with Crippen molar-refractivity contribution in [1.29, 1.82) is 0 Å². The van der Waals surface area contributed by atoms with Crippen LogP contribution in [0.3, 0.4) is 0 Å². The van der Waals surface area contributed by atoms with E-state index in [-0.39, 0.29) is 6.04 Å². The number of hydrogen-bond acceptors (Lipinski definition) is 3. The predicted molar refractivity (Wildman–Crippen MR) is 70.6 cm³/mol. The molecule has 0 bridgehead atoms. The molecule has 0 spiro atoms. The second kappa shape index (κ2) is 6.84. The summed E-state index contributed by atoms with van der Waals surface area (Å²) in [6.45, 7) is 1.96. The lowest BCUT2D eigenvalue weighted by atomic mass is 9.97. The third-order valence-corrected chi connectivity index (χ3v) is 5.41. The highest BCUT2D eigenvalue weighted by molar-refractivity contribution is 7.87. The zero-order chi connectivity index (χ0) is 12.8. The number of nitrogens with zero attached hydrogens (tertiary/aromatic N) is 1. The number of rotatable bonds is 3. The van der Waals surface area contributed by atoms with Crippen LogP contribution < -0.4 is 4.72 Å². The Balaban J connectivity index is 1.88. The summed E-state index contributed by atoms with van der Waals surface area (Å²) in [5, 5.41) is 0. The fourth-order valence-electron chi connectivity index (χ4n) is 2.65. The molecule has 6 heteroatoms. The van der Waals surface area contributed by atoms with Gasteiger partial charge in [0, 0.05) is 19.1 Å². The van der Waals surface area contributed by atoms with Crippen LogP contribution in [-0.2, 0) is 14.9 Å². The van der Waals surface area contributed by atoms with E-state index in [0.29, 0.717) is 26.3 Å². The van der Waals surface area contributed by atoms with Gasteiger partial charge in [-0.05, 0) is 12.8 Å².